The summed E-state index contributed by atoms with van der Waals surface area (Å²) in [5.41, 5.74) is 0.104. The molecule has 0 saturated carbocycles. The van der Waals surface area contributed by atoms with Crippen molar-refractivity contribution in [2.24, 2.45) is 0 Å². The lowest BCUT2D eigenvalue weighted by molar-refractivity contribution is -0.189. The highest BCUT2D eigenvalue weighted by atomic mass is 16.8. The summed E-state index contributed by atoms with van der Waals surface area (Å²) in [4.78, 5) is 11.8. The summed E-state index contributed by atoms with van der Waals surface area (Å²) in [6.07, 6.45) is -2.55. The Kier molecular flexibility index (Phi) is 3.15. The number of phenolic OH excluding ortho intramolecular Hbond substituents is 2. The number of aliphatic hydroxyl groups excluding tert-OH is 2. The first-order chi connectivity index (χ1) is 10.4. The lowest BCUT2D eigenvalue weighted by Crippen LogP contribution is -2.35. The highest BCUT2D eigenvalue weighted by Gasteiger charge is 2.53. The maximum atomic E-state index is 11.8. The third-order valence-corrected chi connectivity index (χ3v) is 3.51. The summed E-state index contributed by atoms with van der Waals surface area (Å²) in [6, 6.07) is 3.77. The smallest absolute Gasteiger partial charge is 0.378 e. The number of aromatic hydroxyl groups is 2. The fraction of sp³-hybridized carbons (Fsp3) is 0.357. The highest BCUT2D eigenvalue weighted by molar-refractivity contribution is 5.90. The van der Waals surface area contributed by atoms with Crippen LogP contribution in [-0.2, 0) is 24.8 Å². The van der Waals surface area contributed by atoms with E-state index in [0.29, 0.717) is 0 Å². The fourth-order valence-corrected chi connectivity index (χ4v) is 2.42. The van der Waals surface area contributed by atoms with Gasteiger partial charge in [0.2, 0.25) is 0 Å². The zero-order valence-electron chi connectivity index (χ0n) is 11.5. The predicted molar refractivity (Wildman–Crippen MR) is 69.3 cm³/mol. The van der Waals surface area contributed by atoms with Crippen LogP contribution in [-0.4, -0.2) is 45.2 Å². The number of esters is 1. The molecule has 0 bridgehead atoms. The van der Waals surface area contributed by atoms with E-state index in [9.17, 15) is 20.1 Å². The number of rotatable bonds is 3. The van der Waals surface area contributed by atoms with Crippen LogP contribution in [0.5, 0.6) is 11.5 Å². The SMILES string of the molecule is CC1(c2cc(O)ccc2O)OC2=C(O1)C(C(O)CO)OC2=O. The second-order valence-electron chi connectivity index (χ2n) is 5.12. The molecular weight excluding hydrogens is 296 g/mol. The third-order valence-electron chi connectivity index (χ3n) is 3.51. The van der Waals surface area contributed by atoms with Gasteiger partial charge in [-0.25, -0.2) is 4.79 Å². The average molecular weight is 310 g/mol. The molecule has 0 aliphatic carbocycles. The first-order valence-electron chi connectivity index (χ1n) is 6.50. The summed E-state index contributed by atoms with van der Waals surface area (Å²) in [7, 11) is 0. The van der Waals surface area contributed by atoms with Gasteiger partial charge in [0.05, 0.1) is 12.2 Å². The van der Waals surface area contributed by atoms with Crippen molar-refractivity contribution in [2.45, 2.75) is 24.9 Å². The highest BCUT2D eigenvalue weighted by Crippen LogP contribution is 2.47. The molecule has 0 amide bonds. The molecule has 3 rings (SSSR count). The van der Waals surface area contributed by atoms with Crippen LogP contribution >= 0.6 is 0 Å². The molecule has 0 fully saturated rings. The van der Waals surface area contributed by atoms with Crippen LogP contribution in [0.3, 0.4) is 0 Å². The predicted octanol–water partition coefficient (Wildman–Crippen LogP) is -0.193. The van der Waals surface area contributed by atoms with Crippen LogP contribution < -0.4 is 0 Å². The van der Waals surface area contributed by atoms with Crippen molar-refractivity contribution < 1.29 is 39.4 Å². The van der Waals surface area contributed by atoms with Crippen LogP contribution in [0.15, 0.2) is 29.7 Å². The Bertz CT molecular complexity index is 667. The number of benzene rings is 1. The molecule has 0 saturated heterocycles. The van der Waals surface area contributed by atoms with E-state index in [4.69, 9.17) is 19.3 Å². The van der Waals surface area contributed by atoms with Gasteiger partial charge in [-0.05, 0) is 18.2 Å². The molecule has 1 aromatic rings. The lowest BCUT2D eigenvalue weighted by Gasteiger charge is -2.28. The van der Waals surface area contributed by atoms with E-state index in [1.807, 2.05) is 0 Å². The van der Waals surface area contributed by atoms with Gasteiger partial charge >= 0.3 is 5.97 Å². The fourth-order valence-electron chi connectivity index (χ4n) is 2.42. The number of hydrogen-bond donors (Lipinski definition) is 4. The zero-order chi connectivity index (χ0) is 16.1. The standard InChI is InChI=1S/C14H14O8/c1-14(7-4-6(16)2-3-8(7)17)21-11-10(9(18)5-15)20-13(19)12(11)22-14/h2-4,9-10,15-18H,5H2,1H3. The molecule has 22 heavy (non-hydrogen) atoms. The molecule has 0 spiro atoms. The minimum Gasteiger partial charge on any atom is -0.508 e. The number of carbonyl (C=O) groups excluding carboxylic acids is 1. The van der Waals surface area contributed by atoms with Crippen molar-refractivity contribution >= 4 is 5.97 Å². The Hall–Kier alpha value is -2.45. The number of hydrogen-bond acceptors (Lipinski definition) is 8. The van der Waals surface area contributed by atoms with Gasteiger partial charge in [0.15, 0.2) is 11.9 Å². The first-order valence-corrected chi connectivity index (χ1v) is 6.50. The minimum atomic E-state index is -1.57. The quantitative estimate of drug-likeness (QED) is 0.447. The Morgan fingerprint density at radius 1 is 1.32 bits per heavy atom. The summed E-state index contributed by atoms with van der Waals surface area (Å²) >= 11 is 0. The average Bonchev–Trinajstić information content (AvgIpc) is 2.98. The van der Waals surface area contributed by atoms with E-state index in [1.165, 1.54) is 25.1 Å². The largest absolute Gasteiger partial charge is 0.508 e. The van der Waals surface area contributed by atoms with Gasteiger partial charge in [0.1, 0.15) is 17.6 Å². The number of aliphatic hydroxyl groups is 2. The maximum Gasteiger partial charge on any atom is 0.378 e. The molecule has 2 heterocycles. The second-order valence-corrected chi connectivity index (χ2v) is 5.12. The van der Waals surface area contributed by atoms with Gasteiger partial charge in [-0.1, -0.05) is 0 Å². The van der Waals surface area contributed by atoms with E-state index in [0.717, 1.165) is 0 Å². The summed E-state index contributed by atoms with van der Waals surface area (Å²) in [5, 5.41) is 38.1. The molecule has 8 nitrogen and oxygen atoms in total. The Morgan fingerprint density at radius 3 is 2.73 bits per heavy atom. The van der Waals surface area contributed by atoms with Crippen molar-refractivity contribution in [3.05, 3.63) is 35.3 Å². The van der Waals surface area contributed by atoms with Crippen molar-refractivity contribution in [3.63, 3.8) is 0 Å². The van der Waals surface area contributed by atoms with Crippen molar-refractivity contribution in [1.29, 1.82) is 0 Å². The molecule has 4 N–H and O–H groups in total. The Morgan fingerprint density at radius 2 is 2.05 bits per heavy atom. The van der Waals surface area contributed by atoms with Crippen LogP contribution in [0.1, 0.15) is 12.5 Å². The van der Waals surface area contributed by atoms with Crippen LogP contribution in [0.25, 0.3) is 0 Å². The second kappa shape index (κ2) is 4.79. The normalized spacial score (nSPS) is 28.0. The summed E-state index contributed by atoms with van der Waals surface area (Å²) in [6.45, 7) is 0.807. The monoisotopic (exact) mass is 310 g/mol. The topological polar surface area (TPSA) is 126 Å². The van der Waals surface area contributed by atoms with Gasteiger partial charge in [0.25, 0.3) is 11.5 Å². The Balaban J connectivity index is 1.95. The van der Waals surface area contributed by atoms with Crippen LogP contribution in [0.2, 0.25) is 0 Å². The van der Waals surface area contributed by atoms with E-state index in [1.54, 1.807) is 0 Å². The minimum absolute atomic E-state index is 0.0585. The lowest BCUT2D eigenvalue weighted by atomic mass is 10.1. The number of ether oxygens (including phenoxy) is 3. The van der Waals surface area contributed by atoms with Crippen molar-refractivity contribution in [3.8, 4) is 11.5 Å². The summed E-state index contributed by atoms with van der Waals surface area (Å²) < 4.78 is 15.9. The van der Waals surface area contributed by atoms with Crippen LogP contribution in [0.4, 0.5) is 0 Å². The van der Waals surface area contributed by atoms with E-state index in [-0.39, 0.29) is 28.6 Å². The van der Waals surface area contributed by atoms with Crippen molar-refractivity contribution in [2.75, 3.05) is 6.61 Å². The van der Waals surface area contributed by atoms with E-state index < -0.39 is 30.6 Å². The van der Waals surface area contributed by atoms with E-state index in [2.05, 4.69) is 0 Å². The van der Waals surface area contributed by atoms with Gasteiger partial charge in [0, 0.05) is 6.92 Å². The zero-order valence-corrected chi connectivity index (χ0v) is 11.5. The molecule has 3 atom stereocenters. The molecule has 0 aromatic heterocycles. The molecular formula is C14H14O8. The van der Waals surface area contributed by atoms with Crippen LogP contribution in [0, 0.1) is 0 Å². The van der Waals surface area contributed by atoms with Gasteiger partial charge in [-0.3, -0.25) is 0 Å². The molecule has 2 aliphatic heterocycles. The summed E-state index contributed by atoms with van der Waals surface area (Å²) in [5.74, 6) is -3.02. The van der Waals surface area contributed by atoms with Gasteiger partial charge < -0.3 is 34.6 Å². The molecule has 8 heteroatoms. The van der Waals surface area contributed by atoms with Gasteiger partial charge in [-0.15, -0.1) is 0 Å². The maximum absolute atomic E-state index is 11.8. The molecule has 1 aromatic carbocycles. The number of cyclic esters (lactones) is 1. The van der Waals surface area contributed by atoms with Gasteiger partial charge in [-0.2, -0.15) is 0 Å². The Labute approximate surface area is 124 Å². The number of phenols is 2. The molecule has 118 valence electrons. The molecule has 0 radical (unpaired) electrons. The van der Waals surface area contributed by atoms with Crippen molar-refractivity contribution in [1.82, 2.24) is 0 Å². The van der Waals surface area contributed by atoms with E-state index >= 15 is 0 Å². The number of carbonyl (C=O) groups is 1. The molecule has 3 unspecified atom stereocenters. The third kappa shape index (κ3) is 2.04. The molecule has 2 aliphatic rings. The first kappa shape index (κ1) is 14.5.